The van der Waals surface area contributed by atoms with Gasteiger partial charge in [0.2, 0.25) is 5.88 Å². The molecule has 1 saturated carbocycles. The largest absolute Gasteiger partial charge is 0.477 e. The Kier molecular flexibility index (Phi) is 5.58. The van der Waals surface area contributed by atoms with E-state index in [9.17, 15) is 9.59 Å². The zero-order valence-corrected chi connectivity index (χ0v) is 16.6. The standard InChI is InChI=1S/C20H29N3O4/c1-14-12-22(19(25)27-20(2,3)4)9-10-23(14)18(24)16-7-8-21-17(11-16)26-13-15-5-6-15/h7-8,11,14-15H,5-6,9-10,12-13H2,1-4H3/t14-/m0/s1. The summed E-state index contributed by atoms with van der Waals surface area (Å²) in [6, 6.07) is 3.32. The van der Waals surface area contributed by atoms with Crippen molar-refractivity contribution >= 4 is 12.0 Å². The molecule has 0 unspecified atom stereocenters. The van der Waals surface area contributed by atoms with Gasteiger partial charge in [0.25, 0.3) is 5.91 Å². The van der Waals surface area contributed by atoms with Crippen LogP contribution < -0.4 is 4.74 Å². The van der Waals surface area contributed by atoms with Gasteiger partial charge in [-0.25, -0.2) is 9.78 Å². The topological polar surface area (TPSA) is 72.0 Å². The van der Waals surface area contributed by atoms with Gasteiger partial charge in [-0.1, -0.05) is 0 Å². The summed E-state index contributed by atoms with van der Waals surface area (Å²) in [7, 11) is 0. The normalized spacial score (nSPS) is 20.4. The van der Waals surface area contributed by atoms with Gasteiger partial charge >= 0.3 is 6.09 Å². The van der Waals surface area contributed by atoms with Crippen LogP contribution in [0.25, 0.3) is 0 Å². The number of aromatic nitrogens is 1. The maximum atomic E-state index is 12.9. The van der Waals surface area contributed by atoms with E-state index >= 15 is 0 Å². The van der Waals surface area contributed by atoms with Gasteiger partial charge in [-0.2, -0.15) is 0 Å². The minimum atomic E-state index is -0.527. The van der Waals surface area contributed by atoms with Gasteiger partial charge in [0, 0.05) is 43.5 Å². The molecule has 2 aliphatic rings. The number of rotatable bonds is 4. The Balaban J connectivity index is 1.59. The molecular formula is C20H29N3O4. The fourth-order valence-corrected chi connectivity index (χ4v) is 3.03. The van der Waals surface area contributed by atoms with Crippen molar-refractivity contribution in [3.05, 3.63) is 23.9 Å². The van der Waals surface area contributed by atoms with E-state index in [1.54, 1.807) is 28.1 Å². The molecule has 0 spiro atoms. The van der Waals surface area contributed by atoms with Crippen LogP contribution in [0.15, 0.2) is 18.3 Å². The molecule has 0 aromatic carbocycles. The van der Waals surface area contributed by atoms with Gasteiger partial charge in [0.1, 0.15) is 5.60 Å². The highest BCUT2D eigenvalue weighted by atomic mass is 16.6. The lowest BCUT2D eigenvalue weighted by atomic mass is 10.1. The van der Waals surface area contributed by atoms with Crippen molar-refractivity contribution in [3.63, 3.8) is 0 Å². The van der Waals surface area contributed by atoms with E-state index in [-0.39, 0.29) is 18.0 Å². The zero-order valence-electron chi connectivity index (χ0n) is 16.6. The summed E-state index contributed by atoms with van der Waals surface area (Å²) in [4.78, 5) is 32.8. The first kappa shape index (κ1) is 19.5. The monoisotopic (exact) mass is 375 g/mol. The van der Waals surface area contributed by atoms with Crippen molar-refractivity contribution in [2.45, 2.75) is 52.2 Å². The summed E-state index contributed by atoms with van der Waals surface area (Å²) in [5, 5.41) is 0. The summed E-state index contributed by atoms with van der Waals surface area (Å²) < 4.78 is 11.1. The SMILES string of the molecule is C[C@H]1CN(C(=O)OC(C)(C)C)CCN1C(=O)c1ccnc(OCC2CC2)c1. The summed E-state index contributed by atoms with van der Waals surface area (Å²) in [6.45, 7) is 9.54. The third kappa shape index (κ3) is 5.34. The molecule has 2 fully saturated rings. The van der Waals surface area contributed by atoms with Crippen LogP contribution in [-0.2, 0) is 4.74 Å². The predicted molar refractivity (Wildman–Crippen MR) is 101 cm³/mol. The van der Waals surface area contributed by atoms with E-state index in [1.807, 2.05) is 27.7 Å². The minimum absolute atomic E-state index is 0.0648. The van der Waals surface area contributed by atoms with Crippen LogP contribution in [0.1, 0.15) is 50.9 Å². The lowest BCUT2D eigenvalue weighted by Gasteiger charge is -2.40. The molecule has 1 saturated heterocycles. The van der Waals surface area contributed by atoms with E-state index in [0.717, 1.165) is 0 Å². The van der Waals surface area contributed by atoms with Crippen LogP contribution in [0.4, 0.5) is 4.79 Å². The molecule has 27 heavy (non-hydrogen) atoms. The van der Waals surface area contributed by atoms with Crippen LogP contribution in [0.5, 0.6) is 5.88 Å². The molecule has 1 aromatic heterocycles. The van der Waals surface area contributed by atoms with Gasteiger partial charge in [-0.15, -0.1) is 0 Å². The second-order valence-corrected chi connectivity index (χ2v) is 8.41. The van der Waals surface area contributed by atoms with Crippen LogP contribution in [-0.4, -0.2) is 64.7 Å². The molecule has 2 heterocycles. The molecule has 7 nitrogen and oxygen atoms in total. The first-order valence-corrected chi connectivity index (χ1v) is 9.60. The number of pyridine rings is 1. The number of nitrogens with zero attached hydrogens (tertiary/aromatic N) is 3. The molecule has 0 N–H and O–H groups in total. The molecule has 1 atom stereocenters. The molecule has 3 rings (SSSR count). The average molecular weight is 375 g/mol. The zero-order chi connectivity index (χ0) is 19.6. The first-order chi connectivity index (χ1) is 12.7. The maximum absolute atomic E-state index is 12.9. The fraction of sp³-hybridized carbons (Fsp3) is 0.650. The molecule has 0 radical (unpaired) electrons. The molecule has 1 aromatic rings. The number of hydrogen-bond acceptors (Lipinski definition) is 5. The number of amides is 2. The number of hydrogen-bond donors (Lipinski definition) is 0. The summed E-state index contributed by atoms with van der Waals surface area (Å²) in [5.41, 5.74) is 0.0367. The van der Waals surface area contributed by atoms with E-state index in [2.05, 4.69) is 4.98 Å². The van der Waals surface area contributed by atoms with Crippen molar-refractivity contribution in [3.8, 4) is 5.88 Å². The molecule has 0 bridgehead atoms. The smallest absolute Gasteiger partial charge is 0.410 e. The van der Waals surface area contributed by atoms with Gasteiger partial charge < -0.3 is 19.3 Å². The van der Waals surface area contributed by atoms with Crippen molar-refractivity contribution < 1.29 is 19.1 Å². The van der Waals surface area contributed by atoms with Gasteiger partial charge in [-0.3, -0.25) is 4.79 Å². The molecular weight excluding hydrogens is 346 g/mol. The van der Waals surface area contributed by atoms with Crippen LogP contribution in [0, 0.1) is 5.92 Å². The summed E-state index contributed by atoms with van der Waals surface area (Å²) in [6.07, 6.45) is 3.69. The first-order valence-electron chi connectivity index (χ1n) is 9.60. The maximum Gasteiger partial charge on any atom is 0.410 e. The number of ether oxygens (including phenoxy) is 2. The Morgan fingerprint density at radius 2 is 2.00 bits per heavy atom. The van der Waals surface area contributed by atoms with Crippen molar-refractivity contribution in [2.24, 2.45) is 5.92 Å². The van der Waals surface area contributed by atoms with Gasteiger partial charge in [0.15, 0.2) is 0 Å². The number of piperazine rings is 1. The molecule has 7 heteroatoms. The van der Waals surface area contributed by atoms with Crippen molar-refractivity contribution in [1.82, 2.24) is 14.8 Å². The van der Waals surface area contributed by atoms with Crippen LogP contribution >= 0.6 is 0 Å². The van der Waals surface area contributed by atoms with E-state index in [4.69, 9.17) is 9.47 Å². The Labute approximate surface area is 160 Å². The molecule has 1 aliphatic carbocycles. The van der Waals surface area contributed by atoms with Crippen LogP contribution in [0.2, 0.25) is 0 Å². The lowest BCUT2D eigenvalue weighted by Crippen LogP contribution is -2.56. The Bertz CT molecular complexity index is 697. The highest BCUT2D eigenvalue weighted by Crippen LogP contribution is 2.29. The van der Waals surface area contributed by atoms with E-state index < -0.39 is 5.60 Å². The third-order valence-electron chi connectivity index (χ3n) is 4.69. The third-order valence-corrected chi connectivity index (χ3v) is 4.69. The molecule has 2 amide bonds. The number of carbonyl (C=O) groups is 2. The Hall–Kier alpha value is -2.31. The highest BCUT2D eigenvalue weighted by Gasteiger charge is 2.32. The van der Waals surface area contributed by atoms with Crippen molar-refractivity contribution in [1.29, 1.82) is 0 Å². The van der Waals surface area contributed by atoms with Crippen molar-refractivity contribution in [2.75, 3.05) is 26.2 Å². The number of carbonyl (C=O) groups excluding carboxylic acids is 2. The van der Waals surface area contributed by atoms with Gasteiger partial charge in [-0.05, 0) is 52.5 Å². The van der Waals surface area contributed by atoms with Crippen LogP contribution in [0.3, 0.4) is 0 Å². The Morgan fingerprint density at radius 3 is 2.63 bits per heavy atom. The highest BCUT2D eigenvalue weighted by molar-refractivity contribution is 5.94. The lowest BCUT2D eigenvalue weighted by molar-refractivity contribution is 0.00616. The second kappa shape index (κ2) is 7.74. The predicted octanol–water partition coefficient (Wildman–Crippen LogP) is 2.95. The summed E-state index contributed by atoms with van der Waals surface area (Å²) >= 11 is 0. The summed E-state index contributed by atoms with van der Waals surface area (Å²) in [5.74, 6) is 1.06. The quantitative estimate of drug-likeness (QED) is 0.809. The minimum Gasteiger partial charge on any atom is -0.477 e. The van der Waals surface area contributed by atoms with E-state index in [0.29, 0.717) is 43.6 Å². The second-order valence-electron chi connectivity index (χ2n) is 8.41. The fourth-order valence-electron chi connectivity index (χ4n) is 3.03. The molecule has 148 valence electrons. The van der Waals surface area contributed by atoms with Gasteiger partial charge in [0.05, 0.1) is 6.61 Å². The van der Waals surface area contributed by atoms with E-state index in [1.165, 1.54) is 12.8 Å². The molecule has 1 aliphatic heterocycles. The Morgan fingerprint density at radius 1 is 1.26 bits per heavy atom. The average Bonchev–Trinajstić information content (AvgIpc) is 3.42.